The van der Waals surface area contributed by atoms with E-state index in [9.17, 15) is 23.8 Å². The van der Waals surface area contributed by atoms with Crippen molar-refractivity contribution in [1.29, 1.82) is 0 Å². The number of aliphatic hydroxyl groups excluding tert-OH is 2. The molecule has 4 aromatic rings. The molecular formula is C25H26F2N5O9PS. The molecule has 14 nitrogen and oxygen atoms in total. The van der Waals surface area contributed by atoms with Crippen LogP contribution in [0, 0.1) is 0 Å². The zero-order chi connectivity index (χ0) is 30.9. The van der Waals surface area contributed by atoms with Crippen LogP contribution in [0.2, 0.25) is 0 Å². The zero-order valence-electron chi connectivity index (χ0n) is 22.5. The molecule has 0 spiro atoms. The standard InChI is InChI=1S/C25H26F2N5O9PS/c1-36-13-3-7-15(8-4-13)40-42(43,41-16-9-5-14(37-2)6-10-16)38-11-25(23(26)27)19(34)18(33)22(39-25)32-12-29-17-20(32)30-24(28)31-21(17)35/h3-10,12,18-19,22-23,33-34H,11H2,1-2H3,(H3,28,30,31,35). The smallest absolute Gasteiger partial charge is 0.435 e. The molecule has 0 aliphatic carbocycles. The minimum atomic E-state index is -3.97. The number of hydrogen-bond donors (Lipinski definition) is 4. The number of imidazole rings is 1. The van der Waals surface area contributed by atoms with Crippen LogP contribution >= 0.6 is 6.72 Å². The van der Waals surface area contributed by atoms with Crippen molar-refractivity contribution in [3.8, 4) is 23.0 Å². The van der Waals surface area contributed by atoms with E-state index in [0.717, 1.165) is 10.9 Å². The monoisotopic (exact) mass is 641 g/mol. The summed E-state index contributed by atoms with van der Waals surface area (Å²) in [6.07, 6.45) is -8.20. The molecule has 3 heterocycles. The van der Waals surface area contributed by atoms with Crippen molar-refractivity contribution in [2.45, 2.75) is 30.5 Å². The van der Waals surface area contributed by atoms with Crippen LogP contribution in [0.5, 0.6) is 23.0 Å². The Morgan fingerprint density at radius 2 is 1.60 bits per heavy atom. The van der Waals surface area contributed by atoms with Gasteiger partial charge >= 0.3 is 6.72 Å². The first kappa shape index (κ1) is 30.6. The van der Waals surface area contributed by atoms with Crippen molar-refractivity contribution < 1.29 is 46.8 Å². The average molecular weight is 642 g/mol. The predicted molar refractivity (Wildman–Crippen MR) is 151 cm³/mol. The topological polar surface area (TPSA) is 185 Å². The summed E-state index contributed by atoms with van der Waals surface area (Å²) in [4.78, 5) is 22.3. The third-order valence-electron chi connectivity index (χ3n) is 6.55. The van der Waals surface area contributed by atoms with Crippen molar-refractivity contribution in [1.82, 2.24) is 19.5 Å². The van der Waals surface area contributed by atoms with E-state index in [1.807, 2.05) is 0 Å². The molecule has 0 amide bonds. The molecule has 4 unspecified atom stereocenters. The number of hydrogen-bond acceptors (Lipinski definition) is 13. The highest BCUT2D eigenvalue weighted by atomic mass is 32.5. The zero-order valence-corrected chi connectivity index (χ0v) is 24.2. The molecule has 0 bridgehead atoms. The number of methoxy groups -OCH3 is 2. The normalized spacial score (nSPS) is 22.2. The highest BCUT2D eigenvalue weighted by Crippen LogP contribution is 2.53. The van der Waals surface area contributed by atoms with Crippen LogP contribution in [0.1, 0.15) is 6.23 Å². The molecule has 1 aliphatic rings. The van der Waals surface area contributed by atoms with Gasteiger partial charge in [0.1, 0.15) is 35.2 Å². The van der Waals surface area contributed by atoms with Crippen LogP contribution in [-0.2, 0) is 21.1 Å². The highest BCUT2D eigenvalue weighted by Gasteiger charge is 2.61. The molecule has 0 saturated carbocycles. The summed E-state index contributed by atoms with van der Waals surface area (Å²) in [7, 11) is 2.95. The Bertz CT molecular complexity index is 1640. The number of fused-ring (bicyclic) bond motifs is 1. The number of anilines is 1. The Balaban J connectivity index is 1.46. The van der Waals surface area contributed by atoms with Crippen LogP contribution in [0.4, 0.5) is 14.7 Å². The summed E-state index contributed by atoms with van der Waals surface area (Å²) in [5, 5.41) is 21.8. The molecule has 0 radical (unpaired) electrons. The van der Waals surface area contributed by atoms with E-state index >= 15 is 0 Å². The molecule has 18 heteroatoms. The van der Waals surface area contributed by atoms with Gasteiger partial charge in [-0.2, -0.15) is 4.98 Å². The molecule has 2 aromatic carbocycles. The lowest BCUT2D eigenvalue weighted by Gasteiger charge is -2.33. The predicted octanol–water partition coefficient (Wildman–Crippen LogP) is 2.37. The third kappa shape index (κ3) is 6.00. The summed E-state index contributed by atoms with van der Waals surface area (Å²) < 4.78 is 63.9. The van der Waals surface area contributed by atoms with Crippen LogP contribution in [0.15, 0.2) is 59.7 Å². The van der Waals surface area contributed by atoms with Crippen molar-refractivity contribution in [3.63, 3.8) is 0 Å². The summed E-state index contributed by atoms with van der Waals surface area (Å²) >= 11 is 5.59. The van der Waals surface area contributed by atoms with Gasteiger partial charge < -0.3 is 39.2 Å². The Hall–Kier alpha value is -3.86. The number of benzene rings is 2. The fourth-order valence-electron chi connectivity index (χ4n) is 4.31. The second-order valence-corrected chi connectivity index (χ2v) is 12.1. The molecule has 230 valence electrons. The maximum Gasteiger partial charge on any atom is 0.435 e. The Morgan fingerprint density at radius 1 is 1.07 bits per heavy atom. The van der Waals surface area contributed by atoms with E-state index in [0.29, 0.717) is 11.5 Å². The van der Waals surface area contributed by atoms with Crippen molar-refractivity contribution in [2.75, 3.05) is 26.6 Å². The van der Waals surface area contributed by atoms with E-state index in [2.05, 4.69) is 15.0 Å². The number of aromatic nitrogens is 4. The van der Waals surface area contributed by atoms with Gasteiger partial charge in [0.25, 0.3) is 12.0 Å². The lowest BCUT2D eigenvalue weighted by atomic mass is 9.96. The van der Waals surface area contributed by atoms with Crippen molar-refractivity contribution in [3.05, 3.63) is 65.2 Å². The maximum atomic E-state index is 14.7. The Labute approximate surface area is 247 Å². The van der Waals surface area contributed by atoms with Gasteiger partial charge in [0, 0.05) is 11.8 Å². The van der Waals surface area contributed by atoms with Gasteiger partial charge in [-0.1, -0.05) is 0 Å². The highest BCUT2D eigenvalue weighted by molar-refractivity contribution is 8.07. The molecule has 1 saturated heterocycles. The second-order valence-electron chi connectivity index (χ2n) is 9.23. The van der Waals surface area contributed by atoms with Crippen LogP contribution in [0.3, 0.4) is 0 Å². The van der Waals surface area contributed by atoms with Crippen LogP contribution in [0.25, 0.3) is 11.2 Å². The molecule has 4 atom stereocenters. The average Bonchev–Trinajstić information content (AvgIpc) is 3.52. The Kier molecular flexibility index (Phi) is 8.56. The largest absolute Gasteiger partial charge is 0.497 e. The minimum Gasteiger partial charge on any atom is -0.497 e. The number of aromatic amines is 1. The molecule has 5 rings (SSSR count). The van der Waals surface area contributed by atoms with Gasteiger partial charge in [-0.25, -0.2) is 13.8 Å². The van der Waals surface area contributed by atoms with E-state index in [4.69, 9.17) is 45.3 Å². The van der Waals surface area contributed by atoms with E-state index < -0.39 is 49.3 Å². The van der Waals surface area contributed by atoms with Gasteiger partial charge in [-0.15, -0.1) is 0 Å². The SMILES string of the molecule is COc1ccc(OP(=S)(OCC2(C(F)F)OC(n3cnc4c(=O)[nH]c(N)nc43)C(O)C2O)Oc2ccc(OC)cc2)cc1. The molecule has 1 aliphatic heterocycles. The number of halogens is 2. The van der Waals surface area contributed by atoms with E-state index in [1.165, 1.54) is 38.5 Å². The van der Waals surface area contributed by atoms with Gasteiger partial charge in [0.05, 0.1) is 27.2 Å². The summed E-state index contributed by atoms with van der Waals surface area (Å²) in [6.45, 7) is -5.05. The molecular weight excluding hydrogens is 615 g/mol. The molecule has 43 heavy (non-hydrogen) atoms. The molecule has 2 aromatic heterocycles. The fraction of sp³-hybridized carbons (Fsp3) is 0.320. The number of rotatable bonds is 11. The van der Waals surface area contributed by atoms with E-state index in [-0.39, 0.29) is 28.6 Å². The van der Waals surface area contributed by atoms with Crippen LogP contribution < -0.4 is 29.8 Å². The van der Waals surface area contributed by atoms with Gasteiger partial charge in [-0.3, -0.25) is 18.9 Å². The second kappa shape index (κ2) is 12.0. The first-order chi connectivity index (χ1) is 20.5. The number of nitrogen functional groups attached to an aromatic ring is 1. The first-order valence-electron chi connectivity index (χ1n) is 12.4. The third-order valence-corrected chi connectivity index (χ3v) is 8.63. The summed E-state index contributed by atoms with van der Waals surface area (Å²) in [6, 6.07) is 12.3. The lowest BCUT2D eigenvalue weighted by Crippen LogP contribution is -2.52. The first-order valence-corrected chi connectivity index (χ1v) is 15.0. The van der Waals surface area contributed by atoms with E-state index in [1.54, 1.807) is 24.3 Å². The number of alkyl halides is 2. The summed E-state index contributed by atoms with van der Waals surface area (Å²) in [5.41, 5.74) is 1.73. The van der Waals surface area contributed by atoms with Crippen LogP contribution in [-0.4, -0.2) is 74.8 Å². The van der Waals surface area contributed by atoms with Gasteiger partial charge in [-0.05, 0) is 48.5 Å². The fourth-order valence-corrected chi connectivity index (χ4v) is 6.24. The number of nitrogens with zero attached hydrogens (tertiary/aromatic N) is 3. The number of nitrogens with one attached hydrogen (secondary N) is 1. The molecule has 5 N–H and O–H groups in total. The van der Waals surface area contributed by atoms with Crippen molar-refractivity contribution in [2.24, 2.45) is 0 Å². The van der Waals surface area contributed by atoms with Gasteiger partial charge in [0.2, 0.25) is 5.95 Å². The number of nitrogens with two attached hydrogens (primary N) is 1. The summed E-state index contributed by atoms with van der Waals surface area (Å²) in [5.74, 6) is 1.09. The molecule has 1 fully saturated rings. The Morgan fingerprint density at radius 3 is 2.12 bits per heavy atom. The van der Waals surface area contributed by atoms with Gasteiger partial charge in [0.15, 0.2) is 23.0 Å². The number of aliphatic hydroxyl groups is 2. The quantitative estimate of drug-likeness (QED) is 0.175. The lowest BCUT2D eigenvalue weighted by molar-refractivity contribution is -0.191. The van der Waals surface area contributed by atoms with Crippen molar-refractivity contribution >= 4 is 35.6 Å². The minimum absolute atomic E-state index is 0.167. The number of H-pyrrole nitrogens is 1. The maximum absolute atomic E-state index is 14.7. The number of ether oxygens (including phenoxy) is 3.